The number of morpholine rings is 1. The van der Waals surface area contributed by atoms with Gasteiger partial charge in [0.2, 0.25) is 0 Å². The van der Waals surface area contributed by atoms with Crippen LogP contribution in [0.2, 0.25) is 0 Å². The highest BCUT2D eigenvalue weighted by Crippen LogP contribution is 2.30. The fraction of sp³-hybridized carbons (Fsp3) is 0.667. The molecule has 3 N–H and O–H groups in total. The zero-order valence-electron chi connectivity index (χ0n) is 9.84. The molecule has 0 aliphatic carbocycles. The van der Waals surface area contributed by atoms with Crippen molar-refractivity contribution in [2.45, 2.75) is 31.0 Å². The Labute approximate surface area is 106 Å². The maximum Gasteiger partial charge on any atom is 0.0918 e. The minimum Gasteiger partial charge on any atom is -0.373 e. The van der Waals surface area contributed by atoms with Gasteiger partial charge in [-0.25, -0.2) is 5.43 Å². The molecule has 94 valence electrons. The van der Waals surface area contributed by atoms with Gasteiger partial charge < -0.3 is 4.74 Å². The molecule has 0 bridgehead atoms. The molecule has 3 unspecified atom stereocenters. The molecule has 0 aromatic carbocycles. The summed E-state index contributed by atoms with van der Waals surface area (Å²) in [5, 5.41) is 2.08. The summed E-state index contributed by atoms with van der Waals surface area (Å²) in [6.07, 6.45) is 2.76. The largest absolute Gasteiger partial charge is 0.373 e. The lowest BCUT2D eigenvalue weighted by molar-refractivity contribution is -0.0648. The van der Waals surface area contributed by atoms with E-state index in [1.165, 1.54) is 24.3 Å². The molecule has 2 saturated heterocycles. The van der Waals surface area contributed by atoms with Crippen molar-refractivity contribution in [1.82, 2.24) is 10.3 Å². The first-order valence-electron chi connectivity index (χ1n) is 6.23. The Balaban J connectivity index is 1.71. The first-order chi connectivity index (χ1) is 8.38. The molecule has 2 aliphatic rings. The minimum atomic E-state index is 0.122. The quantitative estimate of drug-likeness (QED) is 0.626. The van der Waals surface area contributed by atoms with Crippen molar-refractivity contribution >= 4 is 11.3 Å². The molecule has 3 heterocycles. The number of hydrogen-bond acceptors (Lipinski definition) is 5. The lowest BCUT2D eigenvalue weighted by Crippen LogP contribution is -2.51. The molecule has 2 fully saturated rings. The van der Waals surface area contributed by atoms with Crippen molar-refractivity contribution in [2.24, 2.45) is 5.84 Å². The van der Waals surface area contributed by atoms with E-state index in [9.17, 15) is 0 Å². The number of hydrogen-bond donors (Lipinski definition) is 2. The highest BCUT2D eigenvalue weighted by atomic mass is 32.1. The average molecular weight is 253 g/mol. The number of thiophene rings is 1. The Hall–Kier alpha value is -0.460. The standard InChI is InChI=1S/C12H19N3OS/c13-14-12(11-4-2-6-17-11)10-7-15-5-1-3-9(15)8-16-10/h2,4,6,9-10,12,14H,1,3,5,7-8,13H2. The second kappa shape index (κ2) is 5.04. The van der Waals surface area contributed by atoms with Crippen LogP contribution in [0, 0.1) is 0 Å². The van der Waals surface area contributed by atoms with Crippen molar-refractivity contribution in [3.05, 3.63) is 22.4 Å². The van der Waals surface area contributed by atoms with Crippen LogP contribution in [0.5, 0.6) is 0 Å². The third kappa shape index (κ3) is 2.26. The zero-order chi connectivity index (χ0) is 11.7. The van der Waals surface area contributed by atoms with Gasteiger partial charge in [0.05, 0.1) is 18.8 Å². The van der Waals surface area contributed by atoms with Crippen LogP contribution in [-0.2, 0) is 4.74 Å². The molecule has 5 heteroatoms. The first kappa shape index (κ1) is 11.6. The fourth-order valence-electron chi connectivity index (χ4n) is 2.89. The van der Waals surface area contributed by atoms with E-state index in [1.807, 2.05) is 0 Å². The summed E-state index contributed by atoms with van der Waals surface area (Å²) in [7, 11) is 0. The normalized spacial score (nSPS) is 31.4. The molecule has 0 radical (unpaired) electrons. The maximum absolute atomic E-state index is 5.99. The lowest BCUT2D eigenvalue weighted by atomic mass is 10.1. The van der Waals surface area contributed by atoms with Crippen LogP contribution >= 0.6 is 11.3 Å². The van der Waals surface area contributed by atoms with Gasteiger partial charge in [-0.05, 0) is 30.8 Å². The molecule has 3 atom stereocenters. The number of nitrogens with zero attached hydrogens (tertiary/aromatic N) is 1. The Kier molecular flexibility index (Phi) is 3.44. The van der Waals surface area contributed by atoms with E-state index in [0.29, 0.717) is 6.04 Å². The van der Waals surface area contributed by atoms with Gasteiger partial charge in [-0.1, -0.05) is 6.07 Å². The van der Waals surface area contributed by atoms with E-state index in [2.05, 4.69) is 27.8 Å². The van der Waals surface area contributed by atoms with Crippen LogP contribution in [0.1, 0.15) is 23.8 Å². The van der Waals surface area contributed by atoms with Gasteiger partial charge in [-0.15, -0.1) is 11.3 Å². The van der Waals surface area contributed by atoms with Gasteiger partial charge in [0.1, 0.15) is 0 Å². The van der Waals surface area contributed by atoms with E-state index in [4.69, 9.17) is 10.6 Å². The maximum atomic E-state index is 5.99. The van der Waals surface area contributed by atoms with Crippen LogP contribution in [0.3, 0.4) is 0 Å². The molecule has 17 heavy (non-hydrogen) atoms. The van der Waals surface area contributed by atoms with Crippen molar-refractivity contribution in [2.75, 3.05) is 19.7 Å². The molecule has 0 saturated carbocycles. The van der Waals surface area contributed by atoms with Gasteiger partial charge in [0, 0.05) is 17.5 Å². The number of nitrogens with one attached hydrogen (secondary N) is 1. The monoisotopic (exact) mass is 253 g/mol. The second-order valence-electron chi connectivity index (χ2n) is 4.82. The van der Waals surface area contributed by atoms with Gasteiger partial charge in [-0.2, -0.15) is 0 Å². The zero-order valence-corrected chi connectivity index (χ0v) is 10.7. The van der Waals surface area contributed by atoms with E-state index in [-0.39, 0.29) is 12.1 Å². The summed E-state index contributed by atoms with van der Waals surface area (Å²) < 4.78 is 5.99. The van der Waals surface area contributed by atoms with Crippen molar-refractivity contribution in [1.29, 1.82) is 0 Å². The molecule has 2 aliphatic heterocycles. The Morgan fingerprint density at radius 2 is 2.53 bits per heavy atom. The smallest absolute Gasteiger partial charge is 0.0918 e. The SMILES string of the molecule is NNC(c1cccs1)C1CN2CCCC2CO1. The fourth-order valence-corrected chi connectivity index (χ4v) is 3.72. The van der Waals surface area contributed by atoms with E-state index in [1.54, 1.807) is 11.3 Å². The third-order valence-electron chi connectivity index (χ3n) is 3.82. The number of hydrazine groups is 1. The number of nitrogens with two attached hydrogens (primary N) is 1. The summed E-state index contributed by atoms with van der Waals surface area (Å²) in [5.41, 5.74) is 2.91. The predicted molar refractivity (Wildman–Crippen MR) is 68.7 cm³/mol. The Bertz CT molecular complexity index is 357. The Morgan fingerprint density at radius 1 is 1.59 bits per heavy atom. The summed E-state index contributed by atoms with van der Waals surface area (Å²) in [6.45, 7) is 3.07. The molecule has 1 aromatic heterocycles. The number of ether oxygens (including phenoxy) is 1. The minimum absolute atomic E-state index is 0.122. The molecule has 3 rings (SSSR count). The highest BCUT2D eigenvalue weighted by molar-refractivity contribution is 7.10. The van der Waals surface area contributed by atoms with Crippen LogP contribution in [0.15, 0.2) is 17.5 Å². The summed E-state index contributed by atoms with van der Waals surface area (Å²) >= 11 is 1.73. The van der Waals surface area contributed by atoms with Gasteiger partial charge in [0.25, 0.3) is 0 Å². The number of fused-ring (bicyclic) bond motifs is 1. The molecule has 0 spiro atoms. The van der Waals surface area contributed by atoms with Gasteiger partial charge >= 0.3 is 0 Å². The predicted octanol–water partition coefficient (Wildman–Crippen LogP) is 1.12. The van der Waals surface area contributed by atoms with Crippen molar-refractivity contribution in [3.8, 4) is 0 Å². The van der Waals surface area contributed by atoms with Gasteiger partial charge in [0.15, 0.2) is 0 Å². The van der Waals surface area contributed by atoms with Crippen molar-refractivity contribution < 1.29 is 4.74 Å². The molecular formula is C12H19N3OS. The van der Waals surface area contributed by atoms with Gasteiger partial charge in [-0.3, -0.25) is 10.7 Å². The summed E-state index contributed by atoms with van der Waals surface area (Å²) in [6, 6.07) is 4.95. The van der Waals surface area contributed by atoms with E-state index in [0.717, 1.165) is 13.2 Å². The van der Waals surface area contributed by atoms with Crippen LogP contribution in [0.4, 0.5) is 0 Å². The van der Waals surface area contributed by atoms with Crippen LogP contribution < -0.4 is 11.3 Å². The summed E-state index contributed by atoms with van der Waals surface area (Å²) in [5.74, 6) is 5.69. The molecule has 0 amide bonds. The van der Waals surface area contributed by atoms with E-state index >= 15 is 0 Å². The lowest BCUT2D eigenvalue weighted by Gasteiger charge is -2.38. The topological polar surface area (TPSA) is 50.5 Å². The first-order valence-corrected chi connectivity index (χ1v) is 7.11. The molecule has 4 nitrogen and oxygen atoms in total. The third-order valence-corrected chi connectivity index (χ3v) is 4.77. The number of rotatable bonds is 3. The second-order valence-corrected chi connectivity index (χ2v) is 5.80. The van der Waals surface area contributed by atoms with E-state index < -0.39 is 0 Å². The highest BCUT2D eigenvalue weighted by Gasteiger charge is 2.36. The molecular weight excluding hydrogens is 234 g/mol. The average Bonchev–Trinajstić information content (AvgIpc) is 2.99. The van der Waals surface area contributed by atoms with Crippen LogP contribution in [-0.4, -0.2) is 36.7 Å². The molecule has 1 aromatic rings. The van der Waals surface area contributed by atoms with Crippen LogP contribution in [0.25, 0.3) is 0 Å². The van der Waals surface area contributed by atoms with Crippen molar-refractivity contribution in [3.63, 3.8) is 0 Å². The Morgan fingerprint density at radius 3 is 3.29 bits per heavy atom. The summed E-state index contributed by atoms with van der Waals surface area (Å²) in [4.78, 5) is 3.81.